The molecule has 3 nitrogen and oxygen atoms in total. The molecule has 0 aliphatic heterocycles. The average Bonchev–Trinajstić information content (AvgIpc) is 2.41. The summed E-state index contributed by atoms with van der Waals surface area (Å²) in [4.78, 5) is 11.2. The highest BCUT2D eigenvalue weighted by molar-refractivity contribution is 5.69. The number of halogens is 3. The maximum absolute atomic E-state index is 13.1. The van der Waals surface area contributed by atoms with Crippen molar-refractivity contribution in [3.05, 3.63) is 34.9 Å². The van der Waals surface area contributed by atoms with Crippen LogP contribution in [0.5, 0.6) is 0 Å². The number of hydrogen-bond acceptors (Lipinski definition) is 3. The molecule has 1 N–H and O–H groups in total. The van der Waals surface area contributed by atoms with E-state index in [-0.39, 0.29) is 18.3 Å². The van der Waals surface area contributed by atoms with Crippen molar-refractivity contribution < 1.29 is 22.7 Å². The number of carbonyl (C=O) groups excluding carboxylic acids is 1. The Hall–Kier alpha value is -1.56. The molecule has 1 aromatic rings. The van der Waals surface area contributed by atoms with Gasteiger partial charge in [-0.3, -0.25) is 4.79 Å². The first-order valence-electron chi connectivity index (χ1n) is 7.98. The zero-order valence-electron chi connectivity index (χ0n) is 13.2. The van der Waals surface area contributed by atoms with Crippen LogP contribution in [0.4, 0.5) is 13.2 Å². The number of nitrogens with one attached hydrogen (secondary N) is 1. The standard InChI is InChI=1S/C17H22F3NO2/c1-2-23-16(22)8-9-21-11-12-6-7-15(17(18,19)20)14(10-12)13-4-3-5-13/h6-7,10,13,21H,2-5,8-9,11H2,1H3. The molecular formula is C17H22F3NO2. The molecule has 0 spiro atoms. The highest BCUT2D eigenvalue weighted by Crippen LogP contribution is 2.43. The van der Waals surface area contributed by atoms with Gasteiger partial charge in [0, 0.05) is 13.1 Å². The molecule has 6 heteroatoms. The van der Waals surface area contributed by atoms with E-state index in [1.54, 1.807) is 13.0 Å². The quantitative estimate of drug-likeness (QED) is 0.607. The smallest absolute Gasteiger partial charge is 0.416 e. The van der Waals surface area contributed by atoms with E-state index in [4.69, 9.17) is 4.74 Å². The van der Waals surface area contributed by atoms with Crippen LogP contribution in [0.25, 0.3) is 0 Å². The Bertz CT molecular complexity index is 539. The molecule has 1 aliphatic rings. The van der Waals surface area contributed by atoms with Crippen molar-refractivity contribution in [2.45, 2.75) is 51.2 Å². The minimum Gasteiger partial charge on any atom is -0.466 e. The largest absolute Gasteiger partial charge is 0.466 e. The molecule has 0 saturated heterocycles. The lowest BCUT2D eigenvalue weighted by Gasteiger charge is -2.29. The molecule has 0 atom stereocenters. The van der Waals surface area contributed by atoms with Gasteiger partial charge in [0.05, 0.1) is 18.6 Å². The summed E-state index contributed by atoms with van der Waals surface area (Å²) in [5.74, 6) is -0.256. The van der Waals surface area contributed by atoms with Gasteiger partial charge in [-0.05, 0) is 42.9 Å². The molecule has 1 fully saturated rings. The van der Waals surface area contributed by atoms with Crippen molar-refractivity contribution in [2.75, 3.05) is 13.2 Å². The number of ether oxygens (including phenoxy) is 1. The first-order chi connectivity index (χ1) is 10.9. The molecule has 1 aliphatic carbocycles. The summed E-state index contributed by atoms with van der Waals surface area (Å²) in [7, 11) is 0. The number of esters is 1. The summed E-state index contributed by atoms with van der Waals surface area (Å²) in [5, 5.41) is 3.07. The second-order valence-electron chi connectivity index (χ2n) is 5.78. The topological polar surface area (TPSA) is 38.3 Å². The van der Waals surface area contributed by atoms with Gasteiger partial charge in [-0.15, -0.1) is 0 Å². The van der Waals surface area contributed by atoms with E-state index in [1.807, 2.05) is 0 Å². The Balaban J connectivity index is 1.96. The summed E-state index contributed by atoms with van der Waals surface area (Å²) in [6.07, 6.45) is -1.42. The third-order valence-electron chi connectivity index (χ3n) is 4.11. The fraction of sp³-hybridized carbons (Fsp3) is 0.588. The van der Waals surface area contributed by atoms with Crippen molar-refractivity contribution in [1.82, 2.24) is 5.32 Å². The second kappa shape index (κ2) is 7.81. The third-order valence-corrected chi connectivity index (χ3v) is 4.11. The molecule has 0 heterocycles. The summed E-state index contributed by atoms with van der Waals surface area (Å²) in [6, 6.07) is 4.34. The zero-order valence-corrected chi connectivity index (χ0v) is 13.2. The van der Waals surface area contributed by atoms with Crippen LogP contribution >= 0.6 is 0 Å². The average molecular weight is 329 g/mol. The molecule has 0 amide bonds. The predicted octanol–water partition coefficient (Wildman–Crippen LogP) is 4.02. The Morgan fingerprint density at radius 1 is 1.35 bits per heavy atom. The highest BCUT2D eigenvalue weighted by Gasteiger charge is 2.36. The normalized spacial score (nSPS) is 15.3. The Morgan fingerprint density at radius 2 is 2.09 bits per heavy atom. The number of hydrogen-bond donors (Lipinski definition) is 1. The molecule has 0 aromatic heterocycles. The molecule has 0 bridgehead atoms. The minimum absolute atomic E-state index is 0.0195. The van der Waals surface area contributed by atoms with Crippen molar-refractivity contribution >= 4 is 5.97 Å². The Morgan fingerprint density at radius 3 is 2.65 bits per heavy atom. The molecule has 1 aromatic carbocycles. The summed E-state index contributed by atoms with van der Waals surface area (Å²) in [6.45, 7) is 2.98. The van der Waals surface area contributed by atoms with Crippen molar-refractivity contribution in [1.29, 1.82) is 0 Å². The van der Waals surface area contributed by atoms with Crippen molar-refractivity contribution in [2.24, 2.45) is 0 Å². The fourth-order valence-electron chi connectivity index (χ4n) is 2.69. The van der Waals surface area contributed by atoms with Gasteiger partial charge in [0.1, 0.15) is 0 Å². The molecule has 0 radical (unpaired) electrons. The van der Waals surface area contributed by atoms with E-state index in [0.29, 0.717) is 25.3 Å². The zero-order chi connectivity index (χ0) is 16.9. The van der Waals surface area contributed by atoms with E-state index >= 15 is 0 Å². The monoisotopic (exact) mass is 329 g/mol. The molecular weight excluding hydrogens is 307 g/mol. The summed E-state index contributed by atoms with van der Waals surface area (Å²) in [5.41, 5.74) is 0.703. The maximum Gasteiger partial charge on any atom is 0.416 e. The SMILES string of the molecule is CCOC(=O)CCNCc1ccc(C(F)(F)F)c(C2CCC2)c1. The first kappa shape index (κ1) is 17.8. The molecule has 0 unspecified atom stereocenters. The van der Waals surface area contributed by atoms with Crippen LogP contribution in [0.15, 0.2) is 18.2 Å². The van der Waals surface area contributed by atoms with Crippen LogP contribution < -0.4 is 5.32 Å². The van der Waals surface area contributed by atoms with Gasteiger partial charge in [-0.1, -0.05) is 18.6 Å². The molecule has 128 valence electrons. The van der Waals surface area contributed by atoms with Crippen molar-refractivity contribution in [3.8, 4) is 0 Å². The van der Waals surface area contributed by atoms with Gasteiger partial charge in [-0.2, -0.15) is 13.2 Å². The first-order valence-corrected chi connectivity index (χ1v) is 7.98. The van der Waals surface area contributed by atoms with Crippen LogP contribution in [0.1, 0.15) is 55.2 Å². The van der Waals surface area contributed by atoms with Gasteiger partial charge in [-0.25, -0.2) is 0 Å². The van der Waals surface area contributed by atoms with Crippen LogP contribution in [0.2, 0.25) is 0 Å². The van der Waals surface area contributed by atoms with Gasteiger partial charge in [0.15, 0.2) is 0 Å². The van der Waals surface area contributed by atoms with E-state index < -0.39 is 11.7 Å². The molecule has 1 saturated carbocycles. The number of alkyl halides is 3. The Labute approximate surface area is 134 Å². The Kier molecular flexibility index (Phi) is 6.04. The van der Waals surface area contributed by atoms with Crippen molar-refractivity contribution in [3.63, 3.8) is 0 Å². The maximum atomic E-state index is 13.1. The van der Waals surface area contributed by atoms with Crippen LogP contribution in [0, 0.1) is 0 Å². The molecule has 23 heavy (non-hydrogen) atoms. The number of carbonyl (C=O) groups is 1. The second-order valence-corrected chi connectivity index (χ2v) is 5.78. The van der Waals surface area contributed by atoms with E-state index in [2.05, 4.69) is 5.32 Å². The molecule has 2 rings (SSSR count). The minimum atomic E-state index is -4.30. The van der Waals surface area contributed by atoms with Crippen LogP contribution in [-0.2, 0) is 22.3 Å². The van der Waals surface area contributed by atoms with Gasteiger partial charge in [0.25, 0.3) is 0 Å². The third kappa shape index (κ3) is 4.96. The lowest BCUT2D eigenvalue weighted by molar-refractivity contribution is -0.143. The van der Waals surface area contributed by atoms with Crippen LogP contribution in [0.3, 0.4) is 0 Å². The summed E-state index contributed by atoms with van der Waals surface area (Å²) < 4.78 is 44.1. The van der Waals surface area contributed by atoms with Crippen LogP contribution in [-0.4, -0.2) is 19.1 Å². The highest BCUT2D eigenvalue weighted by atomic mass is 19.4. The summed E-state index contributed by atoms with van der Waals surface area (Å²) >= 11 is 0. The van der Waals surface area contributed by atoms with Gasteiger partial charge < -0.3 is 10.1 Å². The lowest BCUT2D eigenvalue weighted by atomic mass is 9.77. The van der Waals surface area contributed by atoms with E-state index in [1.165, 1.54) is 12.1 Å². The van der Waals surface area contributed by atoms with Gasteiger partial charge in [0.2, 0.25) is 0 Å². The number of rotatable bonds is 7. The fourth-order valence-corrected chi connectivity index (χ4v) is 2.69. The lowest BCUT2D eigenvalue weighted by Crippen LogP contribution is -2.20. The van der Waals surface area contributed by atoms with Gasteiger partial charge >= 0.3 is 12.1 Å². The van der Waals surface area contributed by atoms with E-state index in [9.17, 15) is 18.0 Å². The van der Waals surface area contributed by atoms with E-state index in [0.717, 1.165) is 24.8 Å². The number of benzene rings is 1. The predicted molar refractivity (Wildman–Crippen MR) is 81.0 cm³/mol.